The summed E-state index contributed by atoms with van der Waals surface area (Å²) >= 11 is 0. The lowest BCUT2D eigenvalue weighted by Crippen LogP contribution is -2.41. The van der Waals surface area contributed by atoms with Crippen LogP contribution in [0, 0.1) is 17.1 Å². The smallest absolute Gasteiger partial charge is 0.292 e. The molecule has 1 aliphatic rings. The van der Waals surface area contributed by atoms with Crippen molar-refractivity contribution in [3.05, 3.63) is 84.1 Å². The number of hydrogen-bond acceptors (Lipinski definition) is 7. The molecule has 43 heavy (non-hydrogen) atoms. The molecule has 1 atom stereocenters. The van der Waals surface area contributed by atoms with Crippen molar-refractivity contribution in [2.75, 3.05) is 23.7 Å². The first-order valence-corrected chi connectivity index (χ1v) is 13.8. The third kappa shape index (κ3) is 7.20. The number of carbonyl (C=O) groups is 2. The summed E-state index contributed by atoms with van der Waals surface area (Å²) in [7, 11) is 0. The SMILES string of the molecule is CCN1CCCCC1CC(=O)Nc1cccc(-c2cc(-c3ccc(F)cc3O)nc(NC(=O)c3ccco3)c2C#N)c1.Cl. The molecule has 2 aromatic carbocycles. The van der Waals surface area contributed by atoms with Crippen molar-refractivity contribution in [1.82, 2.24) is 9.88 Å². The van der Waals surface area contributed by atoms with Crippen molar-refractivity contribution in [3.8, 4) is 34.2 Å². The number of nitrogens with zero attached hydrogens (tertiary/aromatic N) is 3. The molecule has 1 aliphatic heterocycles. The summed E-state index contributed by atoms with van der Waals surface area (Å²) in [5.74, 6) is -1.76. The van der Waals surface area contributed by atoms with Gasteiger partial charge in [-0.1, -0.05) is 25.5 Å². The summed E-state index contributed by atoms with van der Waals surface area (Å²) in [5.41, 5.74) is 1.96. The van der Waals surface area contributed by atoms with E-state index in [4.69, 9.17) is 4.42 Å². The number of anilines is 2. The number of hydrogen-bond donors (Lipinski definition) is 3. The molecule has 1 unspecified atom stereocenters. The minimum Gasteiger partial charge on any atom is -0.507 e. The Balaban J connectivity index is 0.00000423. The van der Waals surface area contributed by atoms with Gasteiger partial charge in [-0.25, -0.2) is 9.37 Å². The average molecular weight is 604 g/mol. The zero-order chi connectivity index (χ0) is 29.6. The number of carbonyl (C=O) groups excluding carboxylic acids is 2. The molecular formula is C32H31ClFN5O4. The summed E-state index contributed by atoms with van der Waals surface area (Å²) in [5, 5.41) is 26.2. The number of likely N-dealkylation sites (tertiary alicyclic amines) is 1. The van der Waals surface area contributed by atoms with Gasteiger partial charge in [0.1, 0.15) is 23.2 Å². The number of pyridine rings is 1. The van der Waals surface area contributed by atoms with Crippen molar-refractivity contribution in [1.29, 1.82) is 5.26 Å². The molecule has 2 amide bonds. The Morgan fingerprint density at radius 1 is 1.12 bits per heavy atom. The molecule has 9 nitrogen and oxygen atoms in total. The van der Waals surface area contributed by atoms with Crippen molar-refractivity contribution in [2.24, 2.45) is 0 Å². The van der Waals surface area contributed by atoms with Gasteiger partial charge in [0.05, 0.1) is 12.0 Å². The van der Waals surface area contributed by atoms with Crippen molar-refractivity contribution in [3.63, 3.8) is 0 Å². The summed E-state index contributed by atoms with van der Waals surface area (Å²) in [4.78, 5) is 32.6. The van der Waals surface area contributed by atoms with Crippen LogP contribution < -0.4 is 10.6 Å². The molecule has 0 spiro atoms. The van der Waals surface area contributed by atoms with Crippen molar-refractivity contribution >= 4 is 35.7 Å². The number of nitrogens with one attached hydrogen (secondary N) is 2. The first kappa shape index (κ1) is 31.2. The third-order valence-corrected chi connectivity index (χ3v) is 7.38. The minimum atomic E-state index is -0.629. The molecule has 11 heteroatoms. The second kappa shape index (κ2) is 14.0. The van der Waals surface area contributed by atoms with Crippen molar-refractivity contribution in [2.45, 2.75) is 38.6 Å². The van der Waals surface area contributed by atoms with E-state index in [0.717, 1.165) is 38.4 Å². The van der Waals surface area contributed by atoms with Crippen LogP contribution in [0.5, 0.6) is 5.75 Å². The van der Waals surface area contributed by atoms with Gasteiger partial charge in [0.15, 0.2) is 11.6 Å². The quantitative estimate of drug-likeness (QED) is 0.207. The van der Waals surface area contributed by atoms with Gasteiger partial charge in [0, 0.05) is 35.3 Å². The highest BCUT2D eigenvalue weighted by Gasteiger charge is 2.24. The maximum atomic E-state index is 13.7. The van der Waals surface area contributed by atoms with E-state index in [1.807, 2.05) is 0 Å². The Morgan fingerprint density at radius 3 is 2.67 bits per heavy atom. The Kier molecular flexibility index (Phi) is 10.1. The normalized spacial score (nSPS) is 14.8. The monoisotopic (exact) mass is 603 g/mol. The topological polar surface area (TPSA) is 131 Å². The van der Waals surface area contributed by atoms with E-state index >= 15 is 0 Å². The molecule has 2 aromatic heterocycles. The predicted octanol–water partition coefficient (Wildman–Crippen LogP) is 6.60. The Bertz CT molecular complexity index is 1650. The number of piperidine rings is 1. The maximum Gasteiger partial charge on any atom is 0.292 e. The fourth-order valence-corrected chi connectivity index (χ4v) is 5.31. The first-order chi connectivity index (χ1) is 20.4. The molecule has 222 valence electrons. The Hall–Kier alpha value is -4.72. The lowest BCUT2D eigenvalue weighted by Gasteiger charge is -2.34. The zero-order valence-corrected chi connectivity index (χ0v) is 24.3. The Labute approximate surface area is 254 Å². The number of halogens is 2. The zero-order valence-electron chi connectivity index (χ0n) is 23.5. The first-order valence-electron chi connectivity index (χ1n) is 13.8. The molecule has 3 heterocycles. The van der Waals surface area contributed by atoms with E-state index in [0.29, 0.717) is 23.2 Å². The molecule has 4 aromatic rings. The van der Waals surface area contributed by atoms with Crippen molar-refractivity contribution < 1.29 is 23.5 Å². The van der Waals surface area contributed by atoms with Crippen LogP contribution in [0.25, 0.3) is 22.4 Å². The molecule has 0 bridgehead atoms. The molecule has 3 N–H and O–H groups in total. The molecule has 0 radical (unpaired) electrons. The van der Waals surface area contributed by atoms with E-state index in [1.54, 1.807) is 36.4 Å². The van der Waals surface area contributed by atoms with Gasteiger partial charge in [-0.3, -0.25) is 9.59 Å². The third-order valence-electron chi connectivity index (χ3n) is 7.38. The van der Waals surface area contributed by atoms with Gasteiger partial charge in [-0.05, 0) is 74.0 Å². The van der Waals surface area contributed by atoms with Gasteiger partial charge in [-0.2, -0.15) is 5.26 Å². The van der Waals surface area contributed by atoms with Gasteiger partial charge >= 0.3 is 0 Å². The number of phenolic OH excluding ortho intramolecular Hbond substituents is 1. The van der Waals surface area contributed by atoms with E-state index in [9.17, 15) is 24.3 Å². The van der Waals surface area contributed by atoms with Gasteiger partial charge in [0.2, 0.25) is 5.91 Å². The van der Waals surface area contributed by atoms with Crippen LogP contribution >= 0.6 is 12.4 Å². The van der Waals surface area contributed by atoms with Crippen LogP contribution in [0.1, 0.15) is 48.7 Å². The number of furan rings is 1. The highest BCUT2D eigenvalue weighted by Crippen LogP contribution is 2.36. The summed E-state index contributed by atoms with van der Waals surface area (Å²) in [6, 6.07) is 17.4. The maximum absolute atomic E-state index is 13.7. The summed E-state index contributed by atoms with van der Waals surface area (Å²) in [6.07, 6.45) is 4.96. The average Bonchev–Trinajstić information content (AvgIpc) is 3.53. The lowest BCUT2D eigenvalue weighted by atomic mass is 9.97. The van der Waals surface area contributed by atoms with Gasteiger partial charge in [0.25, 0.3) is 5.91 Å². The van der Waals surface area contributed by atoms with Crippen LogP contribution in [0.3, 0.4) is 0 Å². The van der Waals surface area contributed by atoms with Crippen LogP contribution in [0.2, 0.25) is 0 Å². The molecular weight excluding hydrogens is 573 g/mol. The highest BCUT2D eigenvalue weighted by atomic mass is 35.5. The molecule has 1 fully saturated rings. The lowest BCUT2D eigenvalue weighted by molar-refractivity contribution is -0.117. The highest BCUT2D eigenvalue weighted by molar-refractivity contribution is 6.03. The van der Waals surface area contributed by atoms with Crippen LogP contribution in [-0.2, 0) is 4.79 Å². The molecule has 0 aliphatic carbocycles. The second-order valence-corrected chi connectivity index (χ2v) is 10.1. The number of nitriles is 1. The van der Waals surface area contributed by atoms with E-state index in [2.05, 4.69) is 33.5 Å². The fourth-order valence-electron chi connectivity index (χ4n) is 5.31. The largest absolute Gasteiger partial charge is 0.507 e. The predicted molar refractivity (Wildman–Crippen MR) is 163 cm³/mol. The van der Waals surface area contributed by atoms with E-state index in [-0.39, 0.29) is 58.5 Å². The molecule has 0 saturated carbocycles. The van der Waals surface area contributed by atoms with Crippen LogP contribution in [0.4, 0.5) is 15.9 Å². The van der Waals surface area contributed by atoms with Crippen LogP contribution in [-0.4, -0.2) is 45.9 Å². The van der Waals surface area contributed by atoms with Gasteiger partial charge in [-0.15, -0.1) is 12.4 Å². The number of phenols is 1. The number of benzene rings is 2. The van der Waals surface area contributed by atoms with E-state index in [1.165, 1.54) is 24.5 Å². The number of rotatable bonds is 8. The summed E-state index contributed by atoms with van der Waals surface area (Å²) in [6.45, 7) is 4.00. The summed E-state index contributed by atoms with van der Waals surface area (Å²) < 4.78 is 18.9. The van der Waals surface area contributed by atoms with Crippen LogP contribution in [0.15, 0.2) is 71.3 Å². The number of aromatic hydroxyl groups is 1. The van der Waals surface area contributed by atoms with Gasteiger partial charge < -0.3 is 25.1 Å². The molecule has 5 rings (SSSR count). The van der Waals surface area contributed by atoms with E-state index < -0.39 is 11.7 Å². The standard InChI is InChI=1S/C32H30FN5O4.ClH/c1-2-38-13-4-3-9-23(38)17-30(40)35-22-8-5-7-20(15-22)25-18-27(24-12-11-21(33)16-28(24)39)36-31(26(25)19-34)37-32(41)29-10-6-14-42-29;/h5-8,10-12,14-16,18,23,39H,2-4,9,13,17H2,1H3,(H,35,40)(H,36,37,41);1H. The molecule has 1 saturated heterocycles. The number of aromatic nitrogens is 1. The minimum absolute atomic E-state index is 0. The Morgan fingerprint density at radius 2 is 1.95 bits per heavy atom. The number of amides is 2. The fraction of sp³-hybridized carbons (Fsp3) is 0.250. The second-order valence-electron chi connectivity index (χ2n) is 10.1.